The standard InChI is InChI=1S/C51H40N2/c1-35-24-25-36(2)46(34-35)44-20-12-14-37(3)51(44)53-47-21-11-10-19-45(47)50-48(22-13-23-49(50)53)52(42-30-26-40(27-31-42)38-15-6-4-7-16-38)43-32-28-41(29-33-43)39-17-8-5-9-18-39/h4-34H,1-3H3. The van der Waals surface area contributed by atoms with Crippen molar-refractivity contribution in [3.05, 3.63) is 205 Å². The maximum atomic E-state index is 2.50. The molecule has 0 amide bonds. The van der Waals surface area contributed by atoms with E-state index in [4.69, 9.17) is 0 Å². The second-order valence-electron chi connectivity index (χ2n) is 14.0. The van der Waals surface area contributed by atoms with E-state index in [-0.39, 0.29) is 0 Å². The second kappa shape index (κ2) is 13.5. The van der Waals surface area contributed by atoms with Gasteiger partial charge in [-0.3, -0.25) is 0 Å². The average Bonchev–Trinajstić information content (AvgIpc) is 3.54. The topological polar surface area (TPSA) is 8.17 Å². The van der Waals surface area contributed by atoms with E-state index in [0.717, 1.165) is 17.1 Å². The lowest BCUT2D eigenvalue weighted by Crippen LogP contribution is -2.10. The highest BCUT2D eigenvalue weighted by Gasteiger charge is 2.23. The molecule has 9 aromatic rings. The Labute approximate surface area is 311 Å². The molecule has 0 aliphatic rings. The molecule has 0 fully saturated rings. The molecule has 2 heteroatoms. The lowest BCUT2D eigenvalue weighted by molar-refractivity contribution is 1.15. The van der Waals surface area contributed by atoms with Gasteiger partial charge in [-0.2, -0.15) is 0 Å². The van der Waals surface area contributed by atoms with Crippen molar-refractivity contribution < 1.29 is 0 Å². The Kier molecular flexibility index (Phi) is 8.21. The molecular formula is C51H40N2. The van der Waals surface area contributed by atoms with E-state index in [1.54, 1.807) is 0 Å². The van der Waals surface area contributed by atoms with Crippen LogP contribution in [0.4, 0.5) is 17.1 Å². The fraction of sp³-hybridized carbons (Fsp3) is 0.0588. The number of nitrogens with zero attached hydrogens (tertiary/aromatic N) is 2. The van der Waals surface area contributed by atoms with Crippen LogP contribution in [0.25, 0.3) is 60.9 Å². The summed E-state index contributed by atoms with van der Waals surface area (Å²) < 4.78 is 2.50. The number of rotatable bonds is 7. The maximum absolute atomic E-state index is 2.50. The molecular weight excluding hydrogens is 641 g/mol. The van der Waals surface area contributed by atoms with Gasteiger partial charge >= 0.3 is 0 Å². The monoisotopic (exact) mass is 680 g/mol. The Balaban J connectivity index is 1.29. The smallest absolute Gasteiger partial charge is 0.0569 e. The third-order valence-corrected chi connectivity index (χ3v) is 10.5. The molecule has 0 radical (unpaired) electrons. The van der Waals surface area contributed by atoms with E-state index in [2.05, 4.69) is 218 Å². The van der Waals surface area contributed by atoms with E-state index in [1.165, 1.54) is 77.6 Å². The van der Waals surface area contributed by atoms with Crippen LogP contribution in [-0.4, -0.2) is 4.57 Å². The SMILES string of the molecule is Cc1ccc(C)c(-c2cccc(C)c2-n2c3ccccc3c3c(N(c4ccc(-c5ccccc5)cc4)c4ccc(-c5ccccc5)cc4)cccc32)c1. The van der Waals surface area contributed by atoms with Crippen LogP contribution in [0.2, 0.25) is 0 Å². The number of anilines is 3. The van der Waals surface area contributed by atoms with Crippen LogP contribution in [0.1, 0.15) is 16.7 Å². The van der Waals surface area contributed by atoms with Crippen LogP contribution in [0.5, 0.6) is 0 Å². The third kappa shape index (κ3) is 5.79. The molecule has 0 saturated carbocycles. The zero-order valence-electron chi connectivity index (χ0n) is 30.3. The fourth-order valence-electron chi connectivity index (χ4n) is 7.92. The largest absolute Gasteiger partial charge is 0.310 e. The first-order valence-corrected chi connectivity index (χ1v) is 18.4. The first kappa shape index (κ1) is 32.3. The van der Waals surface area contributed by atoms with Crippen molar-refractivity contribution in [1.82, 2.24) is 4.57 Å². The van der Waals surface area contributed by atoms with Gasteiger partial charge in [0.15, 0.2) is 0 Å². The Morgan fingerprint density at radius 1 is 0.396 bits per heavy atom. The highest BCUT2D eigenvalue weighted by Crippen LogP contribution is 2.46. The minimum absolute atomic E-state index is 1.11. The number of aryl methyl sites for hydroxylation is 3. The molecule has 1 heterocycles. The molecule has 254 valence electrons. The van der Waals surface area contributed by atoms with E-state index < -0.39 is 0 Å². The molecule has 8 aromatic carbocycles. The second-order valence-corrected chi connectivity index (χ2v) is 14.0. The van der Waals surface area contributed by atoms with Crippen LogP contribution in [-0.2, 0) is 0 Å². The molecule has 0 bridgehead atoms. The lowest BCUT2D eigenvalue weighted by Gasteiger charge is -2.27. The summed E-state index contributed by atoms with van der Waals surface area (Å²) in [5, 5.41) is 2.44. The zero-order chi connectivity index (χ0) is 35.9. The normalized spacial score (nSPS) is 11.3. The summed E-state index contributed by atoms with van der Waals surface area (Å²) in [6, 6.07) is 68.3. The van der Waals surface area contributed by atoms with E-state index >= 15 is 0 Å². The maximum Gasteiger partial charge on any atom is 0.0569 e. The van der Waals surface area contributed by atoms with Crippen molar-refractivity contribution in [3.63, 3.8) is 0 Å². The van der Waals surface area contributed by atoms with Crippen molar-refractivity contribution in [2.24, 2.45) is 0 Å². The molecule has 0 spiro atoms. The molecule has 2 nitrogen and oxygen atoms in total. The van der Waals surface area contributed by atoms with Gasteiger partial charge in [-0.25, -0.2) is 0 Å². The molecule has 0 saturated heterocycles. The highest BCUT2D eigenvalue weighted by atomic mass is 15.1. The Morgan fingerprint density at radius 3 is 1.58 bits per heavy atom. The molecule has 0 aliphatic heterocycles. The summed E-state index contributed by atoms with van der Waals surface area (Å²) >= 11 is 0. The number of fused-ring (bicyclic) bond motifs is 3. The molecule has 1 aromatic heterocycles. The summed E-state index contributed by atoms with van der Waals surface area (Å²) in [7, 11) is 0. The summed E-state index contributed by atoms with van der Waals surface area (Å²) in [5.74, 6) is 0. The number of para-hydroxylation sites is 2. The van der Waals surface area contributed by atoms with Crippen molar-refractivity contribution in [1.29, 1.82) is 0 Å². The molecule has 0 N–H and O–H groups in total. The minimum atomic E-state index is 1.11. The van der Waals surface area contributed by atoms with E-state index in [9.17, 15) is 0 Å². The van der Waals surface area contributed by atoms with Crippen molar-refractivity contribution >= 4 is 38.9 Å². The van der Waals surface area contributed by atoms with Crippen LogP contribution < -0.4 is 4.90 Å². The number of aromatic nitrogens is 1. The van der Waals surface area contributed by atoms with Crippen molar-refractivity contribution in [2.45, 2.75) is 20.8 Å². The van der Waals surface area contributed by atoms with Gasteiger partial charge in [0.1, 0.15) is 0 Å². The minimum Gasteiger partial charge on any atom is -0.310 e. The average molecular weight is 681 g/mol. The summed E-state index contributed by atoms with van der Waals surface area (Å²) in [4.78, 5) is 2.42. The Morgan fingerprint density at radius 2 is 0.943 bits per heavy atom. The van der Waals surface area contributed by atoms with Crippen LogP contribution in [0.3, 0.4) is 0 Å². The number of benzene rings is 8. The molecule has 0 atom stereocenters. The first-order valence-electron chi connectivity index (χ1n) is 18.4. The third-order valence-electron chi connectivity index (χ3n) is 10.5. The van der Waals surface area contributed by atoms with Gasteiger partial charge in [0, 0.05) is 27.7 Å². The van der Waals surface area contributed by atoms with Gasteiger partial charge < -0.3 is 9.47 Å². The summed E-state index contributed by atoms with van der Waals surface area (Å²) in [6.45, 7) is 6.64. The molecule has 0 unspecified atom stereocenters. The van der Waals surface area contributed by atoms with Crippen LogP contribution in [0.15, 0.2) is 188 Å². The predicted octanol–water partition coefficient (Wildman–Crippen LogP) is 14.2. The summed E-state index contributed by atoms with van der Waals surface area (Å²) in [5.41, 5.74) is 18.0. The molecule has 53 heavy (non-hydrogen) atoms. The fourth-order valence-corrected chi connectivity index (χ4v) is 7.92. The highest BCUT2D eigenvalue weighted by molar-refractivity contribution is 6.17. The first-order chi connectivity index (χ1) is 26.0. The van der Waals surface area contributed by atoms with Crippen molar-refractivity contribution in [2.75, 3.05) is 4.90 Å². The van der Waals surface area contributed by atoms with E-state index in [1.807, 2.05) is 0 Å². The van der Waals surface area contributed by atoms with Crippen molar-refractivity contribution in [3.8, 4) is 39.1 Å². The summed E-state index contributed by atoms with van der Waals surface area (Å²) in [6.07, 6.45) is 0. The number of hydrogen-bond donors (Lipinski definition) is 0. The number of hydrogen-bond acceptors (Lipinski definition) is 1. The van der Waals surface area contributed by atoms with Gasteiger partial charge in [0.25, 0.3) is 0 Å². The quantitative estimate of drug-likeness (QED) is 0.163. The van der Waals surface area contributed by atoms with Gasteiger partial charge in [-0.05, 0) is 102 Å². The zero-order valence-corrected chi connectivity index (χ0v) is 30.3. The van der Waals surface area contributed by atoms with Gasteiger partial charge in [0.05, 0.1) is 22.4 Å². The van der Waals surface area contributed by atoms with Crippen LogP contribution in [0, 0.1) is 20.8 Å². The van der Waals surface area contributed by atoms with Gasteiger partial charge in [-0.15, -0.1) is 0 Å². The Bertz CT molecular complexity index is 2640. The van der Waals surface area contributed by atoms with Gasteiger partial charge in [-0.1, -0.05) is 151 Å². The Hall–Kier alpha value is -6.64. The molecule has 0 aliphatic carbocycles. The predicted molar refractivity (Wildman–Crippen MR) is 226 cm³/mol. The van der Waals surface area contributed by atoms with Gasteiger partial charge in [0.2, 0.25) is 0 Å². The van der Waals surface area contributed by atoms with E-state index in [0.29, 0.717) is 0 Å². The van der Waals surface area contributed by atoms with Crippen LogP contribution >= 0.6 is 0 Å². The lowest BCUT2D eigenvalue weighted by atomic mass is 9.95. The molecule has 9 rings (SSSR count).